The van der Waals surface area contributed by atoms with Crippen molar-refractivity contribution in [3.8, 4) is 21.1 Å². The molecule has 0 saturated carbocycles. The van der Waals surface area contributed by atoms with Crippen LogP contribution in [0.1, 0.15) is 5.69 Å². The lowest BCUT2D eigenvalue weighted by atomic mass is 10.2. The zero-order valence-electron chi connectivity index (χ0n) is 12.3. The minimum atomic E-state index is 0.976. The van der Waals surface area contributed by atoms with Gasteiger partial charge in [-0.3, -0.25) is 9.97 Å². The smallest absolute Gasteiger partial charge is 0.125 e. The summed E-state index contributed by atoms with van der Waals surface area (Å²) in [5, 5.41) is 2.18. The first-order valence-electron chi connectivity index (χ1n) is 7.01. The Bertz CT molecular complexity index is 953. The van der Waals surface area contributed by atoms with E-state index in [1.807, 2.05) is 38.5 Å². The lowest BCUT2D eigenvalue weighted by molar-refractivity contribution is 0.965. The minimum absolute atomic E-state index is 0.976. The van der Waals surface area contributed by atoms with Crippen molar-refractivity contribution in [3.05, 3.63) is 54.7 Å². The van der Waals surface area contributed by atoms with E-state index in [0.29, 0.717) is 0 Å². The Labute approximate surface area is 132 Å². The van der Waals surface area contributed by atoms with Gasteiger partial charge in [-0.15, -0.1) is 11.3 Å². The van der Waals surface area contributed by atoms with Crippen LogP contribution in [-0.4, -0.2) is 19.5 Å². The molecule has 5 heteroatoms. The number of aryl methyl sites for hydroxylation is 2. The lowest BCUT2D eigenvalue weighted by Gasteiger charge is -2.00. The zero-order chi connectivity index (χ0) is 15.1. The fraction of sp³-hybridized carbons (Fsp3) is 0.118. The second kappa shape index (κ2) is 5.03. The van der Waals surface area contributed by atoms with Crippen LogP contribution in [0.5, 0.6) is 0 Å². The monoisotopic (exact) mass is 306 g/mol. The van der Waals surface area contributed by atoms with E-state index in [-0.39, 0.29) is 0 Å². The third kappa shape index (κ3) is 2.10. The van der Waals surface area contributed by atoms with Gasteiger partial charge in [0.2, 0.25) is 0 Å². The highest BCUT2D eigenvalue weighted by atomic mass is 32.1. The van der Waals surface area contributed by atoms with E-state index in [1.54, 1.807) is 17.5 Å². The Balaban J connectivity index is 1.83. The molecule has 4 nitrogen and oxygen atoms in total. The maximum Gasteiger partial charge on any atom is 0.125 e. The molecule has 0 atom stereocenters. The number of hydrogen-bond donors (Lipinski definition) is 0. The molecule has 0 N–H and O–H groups in total. The van der Waals surface area contributed by atoms with E-state index < -0.39 is 0 Å². The summed E-state index contributed by atoms with van der Waals surface area (Å²) in [6.45, 7) is 2.03. The summed E-state index contributed by atoms with van der Waals surface area (Å²) >= 11 is 1.66. The Hall–Kier alpha value is -2.53. The number of rotatable bonds is 2. The quantitative estimate of drug-likeness (QED) is 0.561. The predicted molar refractivity (Wildman–Crippen MR) is 89.8 cm³/mol. The van der Waals surface area contributed by atoms with Crippen LogP contribution in [0.3, 0.4) is 0 Å². The topological polar surface area (TPSA) is 43.6 Å². The summed E-state index contributed by atoms with van der Waals surface area (Å²) in [4.78, 5) is 14.6. The number of pyridine rings is 2. The summed E-state index contributed by atoms with van der Waals surface area (Å²) in [6.07, 6.45) is 7.59. The van der Waals surface area contributed by atoms with Crippen molar-refractivity contribution in [2.45, 2.75) is 6.92 Å². The summed E-state index contributed by atoms with van der Waals surface area (Å²) in [5.74, 6) is 0. The molecule has 4 heterocycles. The van der Waals surface area contributed by atoms with Crippen LogP contribution < -0.4 is 0 Å². The van der Waals surface area contributed by atoms with Gasteiger partial charge in [0.1, 0.15) is 5.01 Å². The molecule has 0 aliphatic carbocycles. The third-order valence-electron chi connectivity index (χ3n) is 3.71. The van der Waals surface area contributed by atoms with Gasteiger partial charge in [-0.05, 0) is 31.2 Å². The molecular weight excluding hydrogens is 292 g/mol. The average Bonchev–Trinajstić information content (AvgIpc) is 3.11. The molecule has 0 radical (unpaired) electrons. The van der Waals surface area contributed by atoms with E-state index in [9.17, 15) is 0 Å². The summed E-state index contributed by atoms with van der Waals surface area (Å²) in [5.41, 5.74) is 4.16. The van der Waals surface area contributed by atoms with Crippen molar-refractivity contribution in [1.29, 1.82) is 0 Å². The van der Waals surface area contributed by atoms with E-state index in [4.69, 9.17) is 0 Å². The van der Waals surface area contributed by atoms with Crippen molar-refractivity contribution in [2.24, 2.45) is 7.05 Å². The SMILES string of the molecule is Cc1nc(-c2cccnc2)sc1-c1cc2ccn(C)c2cn1. The maximum absolute atomic E-state index is 4.68. The van der Waals surface area contributed by atoms with E-state index in [2.05, 4.69) is 37.8 Å². The van der Waals surface area contributed by atoms with Gasteiger partial charge in [-0.25, -0.2) is 4.98 Å². The van der Waals surface area contributed by atoms with Crippen LogP contribution in [0, 0.1) is 6.92 Å². The molecule has 22 heavy (non-hydrogen) atoms. The zero-order valence-corrected chi connectivity index (χ0v) is 13.1. The van der Waals surface area contributed by atoms with Crippen molar-refractivity contribution < 1.29 is 0 Å². The van der Waals surface area contributed by atoms with Crippen LogP contribution in [0.25, 0.3) is 32.0 Å². The minimum Gasteiger partial charge on any atom is -0.349 e. The number of aromatic nitrogens is 4. The first-order chi connectivity index (χ1) is 10.7. The van der Waals surface area contributed by atoms with E-state index >= 15 is 0 Å². The first kappa shape index (κ1) is 13.2. The molecule has 0 bridgehead atoms. The highest BCUT2D eigenvalue weighted by Crippen LogP contribution is 2.34. The van der Waals surface area contributed by atoms with Gasteiger partial charge in [0, 0.05) is 36.6 Å². The Morgan fingerprint density at radius 3 is 2.91 bits per heavy atom. The molecule has 108 valence electrons. The molecule has 0 fully saturated rings. The Kier molecular flexibility index (Phi) is 3.01. The molecule has 4 rings (SSSR count). The fourth-order valence-electron chi connectivity index (χ4n) is 2.54. The summed E-state index contributed by atoms with van der Waals surface area (Å²) in [6, 6.07) is 8.20. The first-order valence-corrected chi connectivity index (χ1v) is 7.83. The fourth-order valence-corrected chi connectivity index (χ4v) is 3.56. The van der Waals surface area contributed by atoms with Gasteiger partial charge >= 0.3 is 0 Å². The standard InChI is InChI=1S/C17H14N4S/c1-11-16(22-17(20-11)13-4-3-6-18-9-13)14-8-12-5-7-21(2)15(12)10-19-14/h3-10H,1-2H3. The Morgan fingerprint density at radius 1 is 1.18 bits per heavy atom. The van der Waals surface area contributed by atoms with Gasteiger partial charge in [0.15, 0.2) is 0 Å². The van der Waals surface area contributed by atoms with Gasteiger partial charge in [-0.1, -0.05) is 0 Å². The van der Waals surface area contributed by atoms with Gasteiger partial charge in [0.05, 0.1) is 28.0 Å². The highest BCUT2D eigenvalue weighted by molar-refractivity contribution is 7.18. The Morgan fingerprint density at radius 2 is 2.09 bits per heavy atom. The lowest BCUT2D eigenvalue weighted by Crippen LogP contribution is -1.87. The van der Waals surface area contributed by atoms with Crippen molar-refractivity contribution in [2.75, 3.05) is 0 Å². The largest absolute Gasteiger partial charge is 0.349 e. The molecule has 0 saturated heterocycles. The molecule has 4 aromatic heterocycles. The van der Waals surface area contributed by atoms with E-state index in [1.165, 1.54) is 5.39 Å². The van der Waals surface area contributed by atoms with Crippen LogP contribution in [-0.2, 0) is 7.05 Å². The number of fused-ring (bicyclic) bond motifs is 1. The number of hydrogen-bond acceptors (Lipinski definition) is 4. The molecule has 0 aliphatic heterocycles. The summed E-state index contributed by atoms with van der Waals surface area (Å²) < 4.78 is 2.08. The predicted octanol–water partition coefficient (Wildman–Crippen LogP) is 4.07. The maximum atomic E-state index is 4.68. The highest BCUT2D eigenvalue weighted by Gasteiger charge is 2.13. The van der Waals surface area contributed by atoms with Crippen molar-refractivity contribution >= 4 is 22.2 Å². The van der Waals surface area contributed by atoms with Crippen molar-refractivity contribution in [3.63, 3.8) is 0 Å². The van der Waals surface area contributed by atoms with Gasteiger partial charge in [0.25, 0.3) is 0 Å². The molecule has 0 aromatic carbocycles. The van der Waals surface area contributed by atoms with Gasteiger partial charge in [-0.2, -0.15) is 0 Å². The van der Waals surface area contributed by atoms with Crippen LogP contribution >= 0.6 is 11.3 Å². The van der Waals surface area contributed by atoms with Crippen LogP contribution in [0.2, 0.25) is 0 Å². The molecule has 0 spiro atoms. The normalized spacial score (nSPS) is 11.2. The molecular formula is C17H14N4S. The molecule has 0 unspecified atom stereocenters. The summed E-state index contributed by atoms with van der Waals surface area (Å²) in [7, 11) is 2.03. The average molecular weight is 306 g/mol. The molecule has 4 aromatic rings. The third-order valence-corrected chi connectivity index (χ3v) is 4.94. The van der Waals surface area contributed by atoms with E-state index in [0.717, 1.165) is 32.4 Å². The van der Waals surface area contributed by atoms with Crippen LogP contribution in [0.4, 0.5) is 0 Å². The second-order valence-electron chi connectivity index (χ2n) is 5.23. The number of nitrogens with zero attached hydrogens (tertiary/aromatic N) is 4. The second-order valence-corrected chi connectivity index (χ2v) is 6.23. The number of thiazole rings is 1. The molecule has 0 aliphatic rings. The van der Waals surface area contributed by atoms with Crippen LogP contribution in [0.15, 0.2) is 49.1 Å². The molecule has 0 amide bonds. The van der Waals surface area contributed by atoms with Crippen molar-refractivity contribution in [1.82, 2.24) is 19.5 Å². The van der Waals surface area contributed by atoms with Gasteiger partial charge < -0.3 is 4.57 Å².